The summed E-state index contributed by atoms with van der Waals surface area (Å²) in [4.78, 5) is 0. The van der Waals surface area contributed by atoms with Gasteiger partial charge in [-0.2, -0.15) is 0 Å². The summed E-state index contributed by atoms with van der Waals surface area (Å²) in [5.74, 6) is -2.19. The third-order valence-electron chi connectivity index (χ3n) is 1.93. The maximum atomic E-state index is 13.2. The molecule has 0 saturated carbocycles. The van der Waals surface area contributed by atoms with E-state index in [1.165, 1.54) is 0 Å². The van der Waals surface area contributed by atoms with Gasteiger partial charge in [-0.1, -0.05) is 0 Å². The average Bonchev–Trinajstić information content (AvgIpc) is 2.54. The molecule has 1 N–H and O–H groups in total. The first-order valence-electron chi connectivity index (χ1n) is 4.09. The number of phenolic OH excluding ortho intramolecular Hbond substituents is 1. The Morgan fingerprint density at radius 3 is 2.43 bits per heavy atom. The van der Waals surface area contributed by atoms with Crippen LogP contribution >= 0.6 is 0 Å². The Hall–Kier alpha value is -1.20. The molecule has 0 spiro atoms. The Morgan fingerprint density at radius 2 is 1.86 bits per heavy atom. The molecule has 0 aliphatic carbocycles. The summed E-state index contributed by atoms with van der Waals surface area (Å²) in [5, 5.41) is 9.29. The first-order valence-corrected chi connectivity index (χ1v) is 4.09. The second kappa shape index (κ2) is 3.51. The lowest BCUT2D eigenvalue weighted by Crippen LogP contribution is -2.02. The van der Waals surface area contributed by atoms with Gasteiger partial charge in [0.05, 0.1) is 18.8 Å². The zero-order chi connectivity index (χ0) is 10.1. The first kappa shape index (κ1) is 9.36. The van der Waals surface area contributed by atoms with E-state index in [4.69, 9.17) is 9.47 Å². The normalized spacial score (nSPS) is 17.6. The average molecular weight is 202 g/mol. The third-order valence-corrected chi connectivity index (χ3v) is 1.93. The molecule has 0 bridgehead atoms. The minimum Gasteiger partial charge on any atom is -0.507 e. The fourth-order valence-corrected chi connectivity index (χ4v) is 1.33. The van der Waals surface area contributed by atoms with Crippen LogP contribution in [-0.4, -0.2) is 18.3 Å². The lowest BCUT2D eigenvalue weighted by Gasteiger charge is -2.11. The number of benzene rings is 1. The van der Waals surface area contributed by atoms with E-state index in [1.807, 2.05) is 0 Å². The highest BCUT2D eigenvalue weighted by atomic mass is 19.1. The van der Waals surface area contributed by atoms with Crippen LogP contribution < -0.4 is 0 Å². The highest BCUT2D eigenvalue weighted by Crippen LogP contribution is 2.33. The summed E-state index contributed by atoms with van der Waals surface area (Å²) in [5.41, 5.74) is -0.149. The summed E-state index contributed by atoms with van der Waals surface area (Å²) in [6.07, 6.45) is -0.935. The van der Waals surface area contributed by atoms with Crippen LogP contribution in [0.3, 0.4) is 0 Å². The molecule has 1 heterocycles. The first-order chi connectivity index (χ1) is 6.68. The molecule has 1 aliphatic heterocycles. The Labute approximate surface area is 78.9 Å². The molecule has 0 radical (unpaired) electrons. The van der Waals surface area contributed by atoms with Gasteiger partial charge in [-0.3, -0.25) is 0 Å². The van der Waals surface area contributed by atoms with E-state index in [0.29, 0.717) is 19.3 Å². The van der Waals surface area contributed by atoms with Gasteiger partial charge in [0.15, 0.2) is 6.29 Å². The smallest absolute Gasteiger partial charge is 0.190 e. The molecule has 5 heteroatoms. The van der Waals surface area contributed by atoms with Crippen LogP contribution in [0, 0.1) is 11.6 Å². The second-order valence-corrected chi connectivity index (χ2v) is 2.89. The molecule has 0 amide bonds. The van der Waals surface area contributed by atoms with E-state index in [0.717, 1.165) is 6.07 Å². The summed E-state index contributed by atoms with van der Waals surface area (Å²) in [7, 11) is 0. The van der Waals surface area contributed by atoms with Gasteiger partial charge >= 0.3 is 0 Å². The Morgan fingerprint density at radius 1 is 1.21 bits per heavy atom. The molecule has 3 nitrogen and oxygen atoms in total. The second-order valence-electron chi connectivity index (χ2n) is 2.89. The number of phenols is 1. The molecule has 1 aromatic rings. The van der Waals surface area contributed by atoms with Crippen molar-refractivity contribution in [2.75, 3.05) is 13.2 Å². The number of hydrogen-bond donors (Lipinski definition) is 1. The van der Waals surface area contributed by atoms with E-state index >= 15 is 0 Å². The van der Waals surface area contributed by atoms with Crippen LogP contribution in [0.1, 0.15) is 11.9 Å². The summed E-state index contributed by atoms with van der Waals surface area (Å²) in [6.45, 7) is 0.668. The fourth-order valence-electron chi connectivity index (χ4n) is 1.33. The van der Waals surface area contributed by atoms with Crippen LogP contribution in [0.15, 0.2) is 12.1 Å². The van der Waals surface area contributed by atoms with Crippen molar-refractivity contribution in [2.24, 2.45) is 0 Å². The predicted molar refractivity (Wildman–Crippen MR) is 42.7 cm³/mol. The van der Waals surface area contributed by atoms with E-state index in [-0.39, 0.29) is 5.56 Å². The Bertz CT molecular complexity index is 325. The van der Waals surface area contributed by atoms with Gasteiger partial charge in [0.1, 0.15) is 17.4 Å². The molecule has 0 aromatic heterocycles. The van der Waals surface area contributed by atoms with E-state index in [9.17, 15) is 13.9 Å². The lowest BCUT2D eigenvalue weighted by atomic mass is 10.1. The molecule has 0 atom stereocenters. The van der Waals surface area contributed by atoms with Gasteiger partial charge in [-0.15, -0.1) is 0 Å². The van der Waals surface area contributed by atoms with Gasteiger partial charge in [-0.05, 0) is 0 Å². The summed E-state index contributed by atoms with van der Waals surface area (Å²) < 4.78 is 35.8. The minimum atomic E-state index is -0.935. The Balaban J connectivity index is 2.40. The topological polar surface area (TPSA) is 38.7 Å². The number of rotatable bonds is 1. The van der Waals surface area contributed by atoms with Crippen molar-refractivity contribution in [1.82, 2.24) is 0 Å². The maximum absolute atomic E-state index is 13.2. The van der Waals surface area contributed by atoms with E-state index < -0.39 is 23.7 Å². The third kappa shape index (κ3) is 1.56. The molecule has 1 aliphatic rings. The van der Waals surface area contributed by atoms with Crippen molar-refractivity contribution in [3.8, 4) is 5.75 Å². The predicted octanol–water partition coefficient (Wildman–Crippen LogP) is 1.72. The van der Waals surface area contributed by atoms with Crippen molar-refractivity contribution >= 4 is 0 Å². The van der Waals surface area contributed by atoms with Crippen molar-refractivity contribution in [3.63, 3.8) is 0 Å². The molecule has 1 fully saturated rings. The van der Waals surface area contributed by atoms with Crippen molar-refractivity contribution in [1.29, 1.82) is 0 Å². The lowest BCUT2D eigenvalue weighted by molar-refractivity contribution is -0.0479. The zero-order valence-electron chi connectivity index (χ0n) is 7.17. The van der Waals surface area contributed by atoms with E-state index in [2.05, 4.69) is 0 Å². The monoisotopic (exact) mass is 202 g/mol. The summed E-state index contributed by atoms with van der Waals surface area (Å²) in [6, 6.07) is 1.50. The van der Waals surface area contributed by atoms with Crippen LogP contribution in [0.2, 0.25) is 0 Å². The van der Waals surface area contributed by atoms with Gasteiger partial charge < -0.3 is 14.6 Å². The van der Waals surface area contributed by atoms with Gasteiger partial charge in [0.25, 0.3) is 0 Å². The van der Waals surface area contributed by atoms with Crippen molar-refractivity contribution in [2.45, 2.75) is 6.29 Å². The highest BCUT2D eigenvalue weighted by molar-refractivity contribution is 5.35. The minimum absolute atomic E-state index is 0.149. The van der Waals surface area contributed by atoms with Crippen LogP contribution in [0.4, 0.5) is 8.78 Å². The van der Waals surface area contributed by atoms with Gasteiger partial charge in [0.2, 0.25) is 0 Å². The molecular weight excluding hydrogens is 194 g/mol. The van der Waals surface area contributed by atoms with Gasteiger partial charge in [-0.25, -0.2) is 8.78 Å². The number of hydrogen-bond acceptors (Lipinski definition) is 3. The quantitative estimate of drug-likeness (QED) is 0.753. The maximum Gasteiger partial charge on any atom is 0.190 e. The number of ether oxygens (including phenoxy) is 2. The Kier molecular flexibility index (Phi) is 2.35. The van der Waals surface area contributed by atoms with Crippen molar-refractivity contribution in [3.05, 3.63) is 29.3 Å². The molecule has 76 valence electrons. The van der Waals surface area contributed by atoms with Crippen LogP contribution in [0.25, 0.3) is 0 Å². The van der Waals surface area contributed by atoms with Crippen LogP contribution in [-0.2, 0) is 9.47 Å². The van der Waals surface area contributed by atoms with E-state index in [1.54, 1.807) is 0 Å². The zero-order valence-corrected chi connectivity index (χ0v) is 7.17. The number of aromatic hydroxyl groups is 1. The largest absolute Gasteiger partial charge is 0.507 e. The molecule has 1 saturated heterocycles. The SMILES string of the molecule is Oc1cc(F)cc(F)c1C1OCCO1. The fraction of sp³-hybridized carbons (Fsp3) is 0.333. The van der Waals surface area contributed by atoms with Crippen molar-refractivity contribution < 1.29 is 23.4 Å². The molecule has 0 unspecified atom stereocenters. The molecule has 2 rings (SSSR count). The highest BCUT2D eigenvalue weighted by Gasteiger charge is 2.25. The van der Waals surface area contributed by atoms with Gasteiger partial charge in [0, 0.05) is 12.1 Å². The molecule has 1 aromatic carbocycles. The number of halogens is 2. The van der Waals surface area contributed by atoms with Crippen LogP contribution in [0.5, 0.6) is 5.75 Å². The standard InChI is InChI=1S/C9H8F2O3/c10-5-3-6(11)8(7(12)4-5)9-13-1-2-14-9/h3-4,9,12H,1-2H2. The summed E-state index contributed by atoms with van der Waals surface area (Å²) >= 11 is 0. The molecular formula is C9H8F2O3. The molecule has 14 heavy (non-hydrogen) atoms.